The summed E-state index contributed by atoms with van der Waals surface area (Å²) in [5, 5.41) is 4.41. The van der Waals surface area contributed by atoms with Crippen LogP contribution in [0.25, 0.3) is 11.3 Å². The van der Waals surface area contributed by atoms with Crippen LogP contribution in [0.1, 0.15) is 31.2 Å². The van der Waals surface area contributed by atoms with E-state index in [0.717, 1.165) is 42.8 Å². The third kappa shape index (κ3) is 2.58. The minimum absolute atomic E-state index is 0.0471. The first-order valence-electron chi connectivity index (χ1n) is 7.17. The van der Waals surface area contributed by atoms with Gasteiger partial charge in [-0.2, -0.15) is 5.10 Å². The van der Waals surface area contributed by atoms with E-state index in [1.807, 2.05) is 23.7 Å². The molecule has 6 nitrogen and oxygen atoms in total. The predicted molar refractivity (Wildman–Crippen MR) is 80.0 cm³/mol. The van der Waals surface area contributed by atoms with Crippen molar-refractivity contribution in [1.29, 1.82) is 0 Å². The van der Waals surface area contributed by atoms with Crippen LogP contribution in [-0.4, -0.2) is 28.5 Å². The maximum absolute atomic E-state index is 6.19. The van der Waals surface area contributed by atoms with Crippen molar-refractivity contribution in [2.45, 2.75) is 32.4 Å². The van der Waals surface area contributed by atoms with Crippen LogP contribution in [0.3, 0.4) is 0 Å². The molecule has 2 N–H and O–H groups in total. The first-order valence-corrected chi connectivity index (χ1v) is 7.17. The minimum atomic E-state index is -0.0471. The Hall–Kier alpha value is -2.08. The van der Waals surface area contributed by atoms with Gasteiger partial charge in [-0.15, -0.1) is 0 Å². The van der Waals surface area contributed by atoms with E-state index in [0.29, 0.717) is 11.6 Å². The number of aromatic nitrogens is 3. The van der Waals surface area contributed by atoms with E-state index < -0.39 is 0 Å². The average Bonchev–Trinajstić information content (AvgIpc) is 2.96. The van der Waals surface area contributed by atoms with Gasteiger partial charge in [-0.3, -0.25) is 0 Å². The molecule has 1 aliphatic rings. The van der Waals surface area contributed by atoms with Gasteiger partial charge in [0.1, 0.15) is 0 Å². The van der Waals surface area contributed by atoms with Gasteiger partial charge in [-0.25, -0.2) is 9.67 Å². The van der Waals surface area contributed by atoms with Crippen LogP contribution in [0.5, 0.6) is 5.88 Å². The van der Waals surface area contributed by atoms with Gasteiger partial charge in [0.05, 0.1) is 18.4 Å². The largest absolute Gasteiger partial charge is 0.480 e. The number of nitrogens with two attached hydrogens (primary N) is 1. The molecule has 3 heterocycles. The van der Waals surface area contributed by atoms with Crippen LogP contribution < -0.4 is 10.5 Å². The van der Waals surface area contributed by atoms with Crippen LogP contribution in [0, 0.1) is 6.92 Å². The van der Waals surface area contributed by atoms with Crippen molar-refractivity contribution >= 4 is 5.69 Å². The highest BCUT2D eigenvalue weighted by atomic mass is 16.5. The minimum Gasteiger partial charge on any atom is -0.480 e. The Balaban J connectivity index is 2.07. The molecule has 112 valence electrons. The molecule has 0 amide bonds. The number of hydrogen-bond acceptors (Lipinski definition) is 5. The molecule has 1 atom stereocenters. The fourth-order valence-corrected chi connectivity index (χ4v) is 2.73. The molecule has 2 aromatic rings. The zero-order valence-corrected chi connectivity index (χ0v) is 12.4. The van der Waals surface area contributed by atoms with E-state index in [-0.39, 0.29) is 6.23 Å². The van der Waals surface area contributed by atoms with Gasteiger partial charge < -0.3 is 15.2 Å². The fourth-order valence-electron chi connectivity index (χ4n) is 2.73. The van der Waals surface area contributed by atoms with Crippen LogP contribution in [0.15, 0.2) is 18.3 Å². The summed E-state index contributed by atoms with van der Waals surface area (Å²) in [6, 6.07) is 3.76. The van der Waals surface area contributed by atoms with Crippen LogP contribution >= 0.6 is 0 Å². The van der Waals surface area contributed by atoms with E-state index in [1.165, 1.54) is 0 Å². The SMILES string of the molecule is COc1nc(C)cc(N)c1-c1ccnn1C1CCCCO1. The Morgan fingerprint density at radius 2 is 2.29 bits per heavy atom. The first kappa shape index (κ1) is 13.9. The monoisotopic (exact) mass is 288 g/mol. The molecule has 3 rings (SSSR count). The number of ether oxygens (including phenoxy) is 2. The van der Waals surface area contributed by atoms with E-state index in [4.69, 9.17) is 15.2 Å². The lowest BCUT2D eigenvalue weighted by Gasteiger charge is -2.25. The molecule has 0 aromatic carbocycles. The molecule has 1 saturated heterocycles. The Morgan fingerprint density at radius 1 is 1.43 bits per heavy atom. The van der Waals surface area contributed by atoms with E-state index in [1.54, 1.807) is 13.3 Å². The van der Waals surface area contributed by atoms with Crippen molar-refractivity contribution in [3.05, 3.63) is 24.0 Å². The number of nitrogens with zero attached hydrogens (tertiary/aromatic N) is 3. The number of aryl methyl sites for hydroxylation is 1. The van der Waals surface area contributed by atoms with Crippen molar-refractivity contribution in [2.24, 2.45) is 0 Å². The van der Waals surface area contributed by atoms with Crippen molar-refractivity contribution in [1.82, 2.24) is 14.8 Å². The molecule has 1 fully saturated rings. The summed E-state index contributed by atoms with van der Waals surface area (Å²) in [5.41, 5.74) is 9.30. The third-order valence-electron chi connectivity index (χ3n) is 3.69. The predicted octanol–water partition coefficient (Wildman–Crippen LogP) is 2.54. The summed E-state index contributed by atoms with van der Waals surface area (Å²) in [5.74, 6) is 0.519. The lowest BCUT2D eigenvalue weighted by molar-refractivity contribution is -0.0383. The average molecular weight is 288 g/mol. The zero-order valence-electron chi connectivity index (χ0n) is 12.4. The number of anilines is 1. The molecule has 0 bridgehead atoms. The van der Waals surface area contributed by atoms with Gasteiger partial charge in [-0.05, 0) is 38.3 Å². The Bertz CT molecular complexity index is 633. The number of rotatable bonds is 3. The number of nitrogen functional groups attached to an aromatic ring is 1. The maximum atomic E-state index is 6.19. The van der Waals surface area contributed by atoms with Crippen molar-refractivity contribution in [3.63, 3.8) is 0 Å². The topological polar surface area (TPSA) is 75.2 Å². The van der Waals surface area contributed by atoms with Crippen LogP contribution in [0.4, 0.5) is 5.69 Å². The van der Waals surface area contributed by atoms with Crippen LogP contribution in [-0.2, 0) is 4.74 Å². The number of pyridine rings is 1. The van der Waals surface area contributed by atoms with Crippen molar-refractivity contribution in [2.75, 3.05) is 19.5 Å². The zero-order chi connectivity index (χ0) is 14.8. The maximum Gasteiger partial charge on any atom is 0.225 e. The van der Waals surface area contributed by atoms with E-state index >= 15 is 0 Å². The molecule has 0 saturated carbocycles. The number of methoxy groups -OCH3 is 1. The summed E-state index contributed by atoms with van der Waals surface area (Å²) in [7, 11) is 1.60. The summed E-state index contributed by atoms with van der Waals surface area (Å²) < 4.78 is 13.1. The lowest BCUT2D eigenvalue weighted by Crippen LogP contribution is -2.20. The highest BCUT2D eigenvalue weighted by molar-refractivity contribution is 5.78. The molecule has 0 radical (unpaired) electrons. The molecule has 1 aliphatic heterocycles. The summed E-state index contributed by atoms with van der Waals surface area (Å²) in [6.07, 6.45) is 4.91. The van der Waals surface area contributed by atoms with Gasteiger partial charge >= 0.3 is 0 Å². The first-order chi connectivity index (χ1) is 10.2. The normalized spacial score (nSPS) is 18.7. The third-order valence-corrected chi connectivity index (χ3v) is 3.69. The van der Waals surface area contributed by atoms with Gasteiger partial charge in [0.2, 0.25) is 5.88 Å². The molecule has 21 heavy (non-hydrogen) atoms. The molecule has 1 unspecified atom stereocenters. The second-order valence-corrected chi connectivity index (χ2v) is 5.22. The molecular formula is C15H20N4O2. The second kappa shape index (κ2) is 5.73. The van der Waals surface area contributed by atoms with E-state index in [2.05, 4.69) is 10.1 Å². The molecule has 0 aliphatic carbocycles. The Kier molecular flexibility index (Phi) is 3.79. The van der Waals surface area contributed by atoms with Gasteiger partial charge in [0, 0.05) is 24.2 Å². The Labute approximate surface area is 123 Å². The fraction of sp³-hybridized carbons (Fsp3) is 0.467. The molecule has 0 spiro atoms. The highest BCUT2D eigenvalue weighted by Crippen LogP contribution is 2.36. The van der Waals surface area contributed by atoms with E-state index in [9.17, 15) is 0 Å². The Morgan fingerprint density at radius 3 is 3.00 bits per heavy atom. The second-order valence-electron chi connectivity index (χ2n) is 5.22. The smallest absolute Gasteiger partial charge is 0.225 e. The van der Waals surface area contributed by atoms with Gasteiger partial charge in [-0.1, -0.05) is 0 Å². The number of hydrogen-bond donors (Lipinski definition) is 1. The summed E-state index contributed by atoms with van der Waals surface area (Å²) >= 11 is 0. The molecule has 6 heteroatoms. The van der Waals surface area contributed by atoms with Crippen molar-refractivity contribution < 1.29 is 9.47 Å². The highest BCUT2D eigenvalue weighted by Gasteiger charge is 2.23. The quantitative estimate of drug-likeness (QED) is 0.939. The van der Waals surface area contributed by atoms with Crippen LogP contribution in [0.2, 0.25) is 0 Å². The molecule has 2 aromatic heterocycles. The van der Waals surface area contributed by atoms with Gasteiger partial charge in [0.15, 0.2) is 6.23 Å². The lowest BCUT2D eigenvalue weighted by atomic mass is 10.1. The van der Waals surface area contributed by atoms with Crippen molar-refractivity contribution in [3.8, 4) is 17.1 Å². The summed E-state index contributed by atoms with van der Waals surface area (Å²) in [4.78, 5) is 4.41. The summed E-state index contributed by atoms with van der Waals surface area (Å²) in [6.45, 7) is 2.66. The molecular weight excluding hydrogens is 268 g/mol. The van der Waals surface area contributed by atoms with Gasteiger partial charge in [0.25, 0.3) is 0 Å². The standard InChI is InChI=1S/C15H20N4O2/c1-10-9-11(16)14(15(18-10)20-2)12-6-7-17-19(12)13-5-3-4-8-21-13/h6-7,9,13H,3-5,8H2,1-2H3,(H2,16,18).